The number of ketones is 1. The molecule has 20 heavy (non-hydrogen) atoms. The molecule has 6 heteroatoms. The van der Waals surface area contributed by atoms with Crippen LogP contribution in [0.4, 0.5) is 4.79 Å². The molecule has 6 nitrogen and oxygen atoms in total. The number of hydrogen-bond donors (Lipinski definition) is 3. The fourth-order valence-corrected chi connectivity index (χ4v) is 1.94. The molecule has 0 spiro atoms. The van der Waals surface area contributed by atoms with Crippen molar-refractivity contribution < 1.29 is 15.8 Å². The Morgan fingerprint density at radius 2 is 2.00 bits per heavy atom. The number of Topliss-reactive ketones (excluding diaryl/α,β-unsaturated/α-hetero) is 1. The Labute approximate surface area is 122 Å². The molecular formula is C14H26N3O3. The van der Waals surface area contributed by atoms with E-state index in [0.717, 1.165) is 0 Å². The molecule has 0 heterocycles. The van der Waals surface area contributed by atoms with Gasteiger partial charge in [-0.3, -0.25) is 9.59 Å². The number of rotatable bonds is 9. The van der Waals surface area contributed by atoms with Crippen LogP contribution in [0.25, 0.3) is 0 Å². The summed E-state index contributed by atoms with van der Waals surface area (Å²) < 4.78 is 7.17. The first-order valence-corrected chi connectivity index (χ1v) is 6.78. The molecule has 4 N–H and O–H groups in total. The molecule has 0 aromatic carbocycles. The third-order valence-electron chi connectivity index (χ3n) is 3.05. The van der Waals surface area contributed by atoms with Gasteiger partial charge in [0.15, 0.2) is 5.78 Å². The lowest BCUT2D eigenvalue weighted by Crippen LogP contribution is -2.44. The second-order valence-corrected chi connectivity index (χ2v) is 5.06. The smallest absolute Gasteiger partial charge is 0.312 e. The van der Waals surface area contributed by atoms with Crippen LogP contribution in [0.3, 0.4) is 0 Å². The highest BCUT2D eigenvalue weighted by atomic mass is 16.2. The van der Waals surface area contributed by atoms with E-state index in [2.05, 4.69) is 10.6 Å². The van der Waals surface area contributed by atoms with Gasteiger partial charge in [-0.25, -0.2) is 4.79 Å². The summed E-state index contributed by atoms with van der Waals surface area (Å²) in [4.78, 5) is 34.4. The maximum absolute atomic E-state index is 12.1. The molecule has 115 valence electrons. The average molecular weight is 285 g/mol. The Balaban J connectivity index is 4.51. The number of nitrogens with two attached hydrogens (primary N) is 1. The van der Waals surface area contributed by atoms with Crippen LogP contribution in [0, 0.1) is 18.3 Å². The lowest BCUT2D eigenvalue weighted by atomic mass is 9.92. The van der Waals surface area contributed by atoms with Crippen molar-refractivity contribution in [3.05, 3.63) is 6.42 Å². The summed E-state index contributed by atoms with van der Waals surface area (Å²) in [6, 6.07) is -1.31. The van der Waals surface area contributed by atoms with Crippen molar-refractivity contribution in [1.29, 1.82) is 0 Å². The van der Waals surface area contributed by atoms with Crippen molar-refractivity contribution in [3.8, 4) is 0 Å². The third-order valence-corrected chi connectivity index (χ3v) is 3.05. The van der Waals surface area contributed by atoms with Gasteiger partial charge in [0.2, 0.25) is 5.91 Å². The average Bonchev–Trinajstić information content (AvgIpc) is 2.41. The van der Waals surface area contributed by atoms with Crippen LogP contribution in [0.15, 0.2) is 0 Å². The molecule has 3 amide bonds. The molecule has 0 bridgehead atoms. The van der Waals surface area contributed by atoms with Gasteiger partial charge in [0.25, 0.3) is 0 Å². The number of carbonyl (C=O) groups excluding carboxylic acids is 3. The molecule has 1 radical (unpaired) electrons. The highest BCUT2D eigenvalue weighted by molar-refractivity contribution is 5.88. The van der Waals surface area contributed by atoms with Crippen molar-refractivity contribution in [2.45, 2.75) is 46.6 Å². The highest BCUT2D eigenvalue weighted by Gasteiger charge is 2.24. The number of amides is 3. The zero-order chi connectivity index (χ0) is 16.4. The molecule has 0 aliphatic rings. The van der Waals surface area contributed by atoms with E-state index in [1.807, 2.05) is 20.8 Å². The number of carbonyl (C=O) groups is 3. The molecule has 0 unspecified atom stereocenters. The topological polar surface area (TPSA) is 101 Å². The second-order valence-electron chi connectivity index (χ2n) is 5.06. The van der Waals surface area contributed by atoms with Gasteiger partial charge < -0.3 is 16.4 Å². The first kappa shape index (κ1) is 16.5. The van der Waals surface area contributed by atoms with Gasteiger partial charge in [-0.2, -0.15) is 0 Å². The SMILES string of the molecule is [2H]CC(=O)[C@H](CCCNC(N)=O)NC(=O)[C@@H]([CH]C)C(C)C. The second kappa shape index (κ2) is 9.34. The Kier molecular flexibility index (Phi) is 7.69. The van der Waals surface area contributed by atoms with Gasteiger partial charge in [-0.05, 0) is 32.1 Å². The first-order chi connectivity index (χ1) is 9.83. The van der Waals surface area contributed by atoms with Crippen LogP contribution < -0.4 is 16.4 Å². The van der Waals surface area contributed by atoms with Crippen molar-refractivity contribution >= 4 is 17.7 Å². The van der Waals surface area contributed by atoms with Gasteiger partial charge in [0.1, 0.15) is 0 Å². The van der Waals surface area contributed by atoms with Crippen molar-refractivity contribution in [2.75, 3.05) is 6.54 Å². The summed E-state index contributed by atoms with van der Waals surface area (Å²) >= 11 is 0. The van der Waals surface area contributed by atoms with Crippen LogP contribution in [0.2, 0.25) is 0 Å². The van der Waals surface area contributed by atoms with Gasteiger partial charge in [-0.1, -0.05) is 20.8 Å². The van der Waals surface area contributed by atoms with Crippen LogP contribution >= 0.6 is 0 Å². The molecular weight excluding hydrogens is 258 g/mol. The minimum Gasteiger partial charge on any atom is -0.352 e. The molecule has 0 saturated heterocycles. The van der Waals surface area contributed by atoms with E-state index in [1.165, 1.54) is 0 Å². The Morgan fingerprint density at radius 3 is 2.45 bits per heavy atom. The lowest BCUT2D eigenvalue weighted by Gasteiger charge is -2.22. The molecule has 2 atom stereocenters. The zero-order valence-electron chi connectivity index (χ0n) is 13.4. The predicted octanol–water partition coefficient (Wildman–Crippen LogP) is 1.01. The Bertz CT molecular complexity index is 361. The Hall–Kier alpha value is -1.59. The molecule has 0 aliphatic heterocycles. The van der Waals surface area contributed by atoms with Crippen LogP contribution in [-0.2, 0) is 9.59 Å². The predicted molar refractivity (Wildman–Crippen MR) is 77.7 cm³/mol. The number of hydrogen-bond acceptors (Lipinski definition) is 3. The van der Waals surface area contributed by atoms with E-state index in [9.17, 15) is 14.4 Å². The maximum atomic E-state index is 12.1. The number of nitrogens with one attached hydrogen (secondary N) is 2. The molecule has 0 aromatic heterocycles. The standard InChI is InChI=1S/C14H26N3O3/c1-5-11(9(2)3)13(19)17-12(10(4)18)7-6-8-16-14(15)20/h5,9,11-12H,6-8H2,1-4H3,(H,17,19)(H3,15,16,20)/t11-,12-/m0/s1/i4D. The molecule has 0 aliphatic carbocycles. The monoisotopic (exact) mass is 285 g/mol. The van der Waals surface area contributed by atoms with Crippen LogP contribution in [0.1, 0.15) is 41.9 Å². The summed E-state index contributed by atoms with van der Waals surface area (Å²) in [7, 11) is 0. The van der Waals surface area contributed by atoms with Gasteiger partial charge in [-0.15, -0.1) is 0 Å². The highest BCUT2D eigenvalue weighted by Crippen LogP contribution is 2.14. The Morgan fingerprint density at radius 1 is 1.35 bits per heavy atom. The normalized spacial score (nSPS) is 14.3. The maximum Gasteiger partial charge on any atom is 0.312 e. The number of urea groups is 1. The largest absolute Gasteiger partial charge is 0.352 e. The summed E-state index contributed by atoms with van der Waals surface area (Å²) in [6.07, 6.45) is 2.68. The zero-order valence-corrected chi connectivity index (χ0v) is 12.4. The number of primary amides is 1. The van der Waals surface area contributed by atoms with E-state index in [4.69, 9.17) is 7.10 Å². The van der Waals surface area contributed by atoms with Gasteiger partial charge in [0.05, 0.1) is 6.04 Å². The summed E-state index contributed by atoms with van der Waals surface area (Å²) in [5.74, 6) is -0.670. The van der Waals surface area contributed by atoms with Crippen molar-refractivity contribution in [1.82, 2.24) is 10.6 Å². The van der Waals surface area contributed by atoms with Gasteiger partial charge >= 0.3 is 6.03 Å². The van der Waals surface area contributed by atoms with Crippen LogP contribution in [-0.4, -0.2) is 30.3 Å². The summed E-state index contributed by atoms with van der Waals surface area (Å²) in [5.41, 5.74) is 4.95. The van der Waals surface area contributed by atoms with E-state index in [-0.39, 0.29) is 30.4 Å². The van der Waals surface area contributed by atoms with E-state index >= 15 is 0 Å². The van der Waals surface area contributed by atoms with E-state index < -0.39 is 12.1 Å². The first-order valence-electron chi connectivity index (χ1n) is 7.49. The minimum absolute atomic E-state index is 0.137. The fraction of sp³-hybridized carbons (Fsp3) is 0.714. The van der Waals surface area contributed by atoms with E-state index in [1.54, 1.807) is 6.42 Å². The minimum atomic E-state index is -0.689. The summed E-state index contributed by atoms with van der Waals surface area (Å²) in [5, 5.41) is 5.13. The van der Waals surface area contributed by atoms with Gasteiger partial charge in [0, 0.05) is 13.8 Å². The van der Waals surface area contributed by atoms with Crippen molar-refractivity contribution in [3.63, 3.8) is 0 Å². The molecule has 0 rings (SSSR count). The molecule has 0 aromatic rings. The molecule has 0 fully saturated rings. The lowest BCUT2D eigenvalue weighted by molar-refractivity contribution is -0.129. The van der Waals surface area contributed by atoms with E-state index in [0.29, 0.717) is 19.4 Å². The quantitative estimate of drug-likeness (QED) is 0.551. The third kappa shape index (κ3) is 7.11. The van der Waals surface area contributed by atoms with Crippen LogP contribution in [0.5, 0.6) is 0 Å². The fourth-order valence-electron chi connectivity index (χ4n) is 1.94. The molecule has 0 saturated carbocycles. The van der Waals surface area contributed by atoms with Crippen molar-refractivity contribution in [2.24, 2.45) is 17.6 Å². The summed E-state index contributed by atoms with van der Waals surface area (Å²) in [6.45, 7) is 5.63.